The molecule has 0 radical (unpaired) electrons. The van der Waals surface area contributed by atoms with Gasteiger partial charge in [0.05, 0.1) is 22.7 Å². The van der Waals surface area contributed by atoms with Crippen LogP contribution in [-0.2, 0) is 26.2 Å². The van der Waals surface area contributed by atoms with E-state index in [0.717, 1.165) is 30.0 Å². The van der Waals surface area contributed by atoms with Crippen molar-refractivity contribution < 1.29 is 22.7 Å². The number of amides is 2. The summed E-state index contributed by atoms with van der Waals surface area (Å²) in [5, 5.41) is 3.72. The Hall–Kier alpha value is -3.27. The van der Waals surface area contributed by atoms with Gasteiger partial charge in [0.2, 0.25) is 11.8 Å². The number of ether oxygens (including phenoxy) is 1. The SMILES string of the molecule is COc1ccc(N(CC(=O)N(Cc2cccc(Cl)c2)[C@H](C)C(=O)NC2CCCC2)S(=O)(=O)c2ccccc2)cc1Cl. The maximum absolute atomic E-state index is 14.0. The van der Waals surface area contributed by atoms with E-state index in [2.05, 4.69) is 5.32 Å². The van der Waals surface area contributed by atoms with Crippen LogP contribution in [0.4, 0.5) is 5.69 Å². The number of nitrogens with one attached hydrogen (secondary N) is 1. The minimum Gasteiger partial charge on any atom is -0.495 e. The standard InChI is InChI=1S/C30H33Cl2N3O5S/c1-21(30(37)33-24-11-6-7-12-24)34(19-22-9-8-10-23(31)17-22)29(36)20-35(25-15-16-28(40-2)27(32)18-25)41(38,39)26-13-4-3-5-14-26/h3-5,8-10,13-18,21,24H,6-7,11-12,19-20H2,1-2H3,(H,33,37)/t21-/m1/s1. The molecule has 41 heavy (non-hydrogen) atoms. The second-order valence-electron chi connectivity index (χ2n) is 9.96. The summed E-state index contributed by atoms with van der Waals surface area (Å²) in [6.07, 6.45) is 3.87. The summed E-state index contributed by atoms with van der Waals surface area (Å²) in [7, 11) is -2.75. The van der Waals surface area contributed by atoms with Crippen molar-refractivity contribution in [3.8, 4) is 5.75 Å². The van der Waals surface area contributed by atoms with E-state index in [1.54, 1.807) is 49.4 Å². The molecule has 1 atom stereocenters. The van der Waals surface area contributed by atoms with E-state index in [1.165, 1.54) is 42.3 Å². The van der Waals surface area contributed by atoms with Gasteiger partial charge in [0.15, 0.2) is 0 Å². The van der Waals surface area contributed by atoms with Crippen LogP contribution in [0.2, 0.25) is 10.0 Å². The second-order valence-corrected chi connectivity index (χ2v) is 12.7. The number of hydrogen-bond acceptors (Lipinski definition) is 5. The minimum absolute atomic E-state index is 0.00755. The number of methoxy groups -OCH3 is 1. The quantitative estimate of drug-likeness (QED) is 0.299. The Morgan fingerprint density at radius 1 is 1.00 bits per heavy atom. The van der Waals surface area contributed by atoms with Gasteiger partial charge >= 0.3 is 0 Å². The highest BCUT2D eigenvalue weighted by atomic mass is 35.5. The van der Waals surface area contributed by atoms with Crippen LogP contribution in [0.3, 0.4) is 0 Å². The number of halogens is 2. The van der Waals surface area contributed by atoms with Crippen LogP contribution in [0.5, 0.6) is 5.75 Å². The number of hydrogen-bond donors (Lipinski definition) is 1. The molecule has 0 aliphatic heterocycles. The predicted octanol–water partition coefficient (Wildman–Crippen LogP) is 5.67. The lowest BCUT2D eigenvalue weighted by Gasteiger charge is -2.32. The van der Waals surface area contributed by atoms with Gasteiger partial charge in [-0.15, -0.1) is 0 Å². The van der Waals surface area contributed by atoms with Crippen LogP contribution < -0.4 is 14.4 Å². The van der Waals surface area contributed by atoms with E-state index in [1.807, 2.05) is 0 Å². The van der Waals surface area contributed by atoms with Gasteiger partial charge in [0.25, 0.3) is 10.0 Å². The summed E-state index contributed by atoms with van der Waals surface area (Å²) in [6, 6.07) is 18.5. The lowest BCUT2D eigenvalue weighted by atomic mass is 10.1. The van der Waals surface area contributed by atoms with Crippen LogP contribution in [0.15, 0.2) is 77.7 Å². The normalized spacial score (nSPS) is 14.3. The maximum Gasteiger partial charge on any atom is 0.264 e. The molecule has 0 spiro atoms. The highest BCUT2D eigenvalue weighted by Crippen LogP contribution is 2.32. The van der Waals surface area contributed by atoms with Crippen LogP contribution >= 0.6 is 23.2 Å². The molecule has 0 saturated heterocycles. The van der Waals surface area contributed by atoms with E-state index < -0.39 is 28.5 Å². The Morgan fingerprint density at radius 2 is 1.71 bits per heavy atom. The molecule has 218 valence electrons. The first-order valence-electron chi connectivity index (χ1n) is 13.4. The lowest BCUT2D eigenvalue weighted by molar-refractivity contribution is -0.139. The number of rotatable bonds is 11. The van der Waals surface area contributed by atoms with E-state index in [0.29, 0.717) is 16.3 Å². The first-order valence-corrected chi connectivity index (χ1v) is 15.6. The third-order valence-electron chi connectivity index (χ3n) is 7.14. The van der Waals surface area contributed by atoms with Crippen molar-refractivity contribution in [2.45, 2.75) is 56.1 Å². The fourth-order valence-corrected chi connectivity index (χ4v) is 6.76. The zero-order chi connectivity index (χ0) is 29.6. The summed E-state index contributed by atoms with van der Waals surface area (Å²) in [5.41, 5.74) is 0.884. The summed E-state index contributed by atoms with van der Waals surface area (Å²) in [5.74, 6) is -0.499. The molecule has 4 rings (SSSR count). The Labute approximate surface area is 251 Å². The fraction of sp³-hybridized carbons (Fsp3) is 0.333. The molecule has 3 aromatic rings. The Morgan fingerprint density at radius 3 is 2.34 bits per heavy atom. The number of carbonyl (C=O) groups is 2. The first kappa shape index (κ1) is 30.7. The lowest BCUT2D eigenvalue weighted by Crippen LogP contribution is -2.52. The topological polar surface area (TPSA) is 96.0 Å². The molecular weight excluding hydrogens is 585 g/mol. The van der Waals surface area contributed by atoms with Crippen molar-refractivity contribution in [2.24, 2.45) is 0 Å². The number of sulfonamides is 1. The molecule has 11 heteroatoms. The Kier molecular flexibility index (Phi) is 10.2. The zero-order valence-corrected chi connectivity index (χ0v) is 25.3. The zero-order valence-electron chi connectivity index (χ0n) is 22.9. The van der Waals surface area contributed by atoms with Gasteiger partial charge in [-0.1, -0.05) is 66.4 Å². The van der Waals surface area contributed by atoms with Gasteiger partial charge in [-0.05, 0) is 67.8 Å². The molecule has 0 heterocycles. The molecule has 1 aliphatic carbocycles. The molecular formula is C30H33Cl2N3O5S. The summed E-state index contributed by atoms with van der Waals surface area (Å²) < 4.78 is 34.0. The largest absolute Gasteiger partial charge is 0.495 e. The summed E-state index contributed by atoms with van der Waals surface area (Å²) in [6.45, 7) is 1.13. The van der Waals surface area contributed by atoms with Crippen molar-refractivity contribution >= 4 is 50.7 Å². The van der Waals surface area contributed by atoms with Crippen LogP contribution in [-0.4, -0.2) is 50.9 Å². The average molecular weight is 619 g/mol. The molecule has 1 N–H and O–H groups in total. The third-order valence-corrected chi connectivity index (χ3v) is 9.46. The van der Waals surface area contributed by atoms with Gasteiger partial charge in [-0.2, -0.15) is 0 Å². The van der Waals surface area contributed by atoms with Crippen LogP contribution in [0.25, 0.3) is 0 Å². The van der Waals surface area contributed by atoms with Crippen molar-refractivity contribution in [3.05, 3.63) is 88.4 Å². The number of nitrogens with zero attached hydrogens (tertiary/aromatic N) is 2. The molecule has 0 unspecified atom stereocenters. The smallest absolute Gasteiger partial charge is 0.264 e. The van der Waals surface area contributed by atoms with Crippen molar-refractivity contribution in [2.75, 3.05) is 18.0 Å². The number of anilines is 1. The molecule has 2 amide bonds. The van der Waals surface area contributed by atoms with Gasteiger partial charge in [-0.25, -0.2) is 8.42 Å². The summed E-state index contributed by atoms with van der Waals surface area (Å²) in [4.78, 5) is 28.7. The van der Waals surface area contributed by atoms with Gasteiger partial charge in [-0.3, -0.25) is 13.9 Å². The fourth-order valence-electron chi connectivity index (χ4n) is 4.87. The Balaban J connectivity index is 1.70. The highest BCUT2D eigenvalue weighted by Gasteiger charge is 2.33. The predicted molar refractivity (Wildman–Crippen MR) is 161 cm³/mol. The number of benzene rings is 3. The van der Waals surface area contributed by atoms with Crippen molar-refractivity contribution in [1.29, 1.82) is 0 Å². The molecule has 0 aromatic heterocycles. The summed E-state index contributed by atoms with van der Waals surface area (Å²) >= 11 is 12.6. The maximum atomic E-state index is 14.0. The van der Waals surface area contributed by atoms with E-state index >= 15 is 0 Å². The van der Waals surface area contributed by atoms with Crippen molar-refractivity contribution in [1.82, 2.24) is 10.2 Å². The third kappa shape index (κ3) is 7.52. The average Bonchev–Trinajstić information content (AvgIpc) is 3.47. The van der Waals surface area contributed by atoms with Crippen LogP contribution in [0, 0.1) is 0 Å². The van der Waals surface area contributed by atoms with E-state index in [-0.39, 0.29) is 34.1 Å². The number of carbonyl (C=O) groups excluding carboxylic acids is 2. The first-order chi connectivity index (χ1) is 19.6. The van der Waals surface area contributed by atoms with Crippen molar-refractivity contribution in [3.63, 3.8) is 0 Å². The van der Waals surface area contributed by atoms with Gasteiger partial charge in [0.1, 0.15) is 18.3 Å². The second kappa shape index (κ2) is 13.6. The van der Waals surface area contributed by atoms with Gasteiger partial charge in [0, 0.05) is 17.6 Å². The minimum atomic E-state index is -4.20. The molecule has 8 nitrogen and oxygen atoms in total. The Bertz CT molecular complexity index is 1480. The molecule has 1 saturated carbocycles. The monoisotopic (exact) mass is 617 g/mol. The molecule has 1 fully saturated rings. The molecule has 0 bridgehead atoms. The molecule has 3 aromatic carbocycles. The van der Waals surface area contributed by atoms with Gasteiger partial charge < -0.3 is 15.0 Å². The van der Waals surface area contributed by atoms with E-state index in [4.69, 9.17) is 27.9 Å². The van der Waals surface area contributed by atoms with E-state index in [9.17, 15) is 18.0 Å². The van der Waals surface area contributed by atoms with Crippen LogP contribution in [0.1, 0.15) is 38.2 Å². The highest BCUT2D eigenvalue weighted by molar-refractivity contribution is 7.92. The molecule has 1 aliphatic rings.